The normalized spacial score (nSPS) is 10.1. The van der Waals surface area contributed by atoms with Crippen molar-refractivity contribution in [3.05, 3.63) is 38.8 Å². The number of phenolic OH excluding ortho intramolecular Hbond substituents is 1. The maximum Gasteiger partial charge on any atom is 0.144 e. The standard InChI is InChI=1S/C10H10Br2O/c1-3-4-7-6(2)5-8(11)10(13)9(7)12/h3,5,13H,1,4H2,2H3. The molecule has 13 heavy (non-hydrogen) atoms. The fourth-order valence-electron chi connectivity index (χ4n) is 1.16. The number of phenols is 1. The number of halogens is 2. The van der Waals surface area contributed by atoms with E-state index in [1.807, 2.05) is 19.1 Å². The fourth-order valence-corrected chi connectivity index (χ4v) is 2.66. The van der Waals surface area contributed by atoms with Gasteiger partial charge in [-0.2, -0.15) is 0 Å². The smallest absolute Gasteiger partial charge is 0.144 e. The summed E-state index contributed by atoms with van der Waals surface area (Å²) in [6, 6.07) is 1.90. The minimum atomic E-state index is 0.252. The zero-order valence-electron chi connectivity index (χ0n) is 7.27. The van der Waals surface area contributed by atoms with Crippen LogP contribution in [0.4, 0.5) is 0 Å². The lowest BCUT2D eigenvalue weighted by molar-refractivity contribution is 0.467. The molecule has 1 aromatic carbocycles. The second kappa shape index (κ2) is 4.29. The van der Waals surface area contributed by atoms with Crippen molar-refractivity contribution < 1.29 is 5.11 Å². The molecular weight excluding hydrogens is 296 g/mol. The van der Waals surface area contributed by atoms with Gasteiger partial charge in [0, 0.05) is 0 Å². The number of rotatable bonds is 2. The van der Waals surface area contributed by atoms with Crippen molar-refractivity contribution in [2.45, 2.75) is 13.3 Å². The lowest BCUT2D eigenvalue weighted by Crippen LogP contribution is -1.90. The number of hydrogen-bond acceptors (Lipinski definition) is 1. The second-order valence-corrected chi connectivity index (χ2v) is 4.46. The average Bonchev–Trinajstić information content (AvgIpc) is 2.09. The highest BCUT2D eigenvalue weighted by molar-refractivity contribution is 9.11. The molecule has 1 nitrogen and oxygen atoms in total. The Balaban J connectivity index is 3.34. The number of aryl methyl sites for hydroxylation is 1. The summed E-state index contributed by atoms with van der Waals surface area (Å²) in [6.07, 6.45) is 2.58. The van der Waals surface area contributed by atoms with Gasteiger partial charge in [-0.25, -0.2) is 0 Å². The number of aromatic hydroxyl groups is 1. The number of hydrogen-bond donors (Lipinski definition) is 1. The minimum Gasteiger partial charge on any atom is -0.506 e. The molecule has 1 aromatic rings. The molecule has 0 atom stereocenters. The van der Waals surface area contributed by atoms with Gasteiger partial charge in [-0.1, -0.05) is 6.08 Å². The number of benzene rings is 1. The van der Waals surface area contributed by atoms with Gasteiger partial charge in [0.05, 0.1) is 8.95 Å². The Bertz CT molecular complexity index is 345. The summed E-state index contributed by atoms with van der Waals surface area (Å²) < 4.78 is 1.46. The highest BCUT2D eigenvalue weighted by atomic mass is 79.9. The van der Waals surface area contributed by atoms with Crippen molar-refractivity contribution in [3.63, 3.8) is 0 Å². The molecule has 0 bridgehead atoms. The van der Waals surface area contributed by atoms with E-state index < -0.39 is 0 Å². The molecule has 3 heteroatoms. The third-order valence-electron chi connectivity index (χ3n) is 1.87. The maximum absolute atomic E-state index is 9.61. The molecule has 1 N–H and O–H groups in total. The summed E-state index contributed by atoms with van der Waals surface area (Å²) >= 11 is 6.63. The van der Waals surface area contributed by atoms with Crippen LogP contribution >= 0.6 is 31.9 Å². The van der Waals surface area contributed by atoms with Crippen LogP contribution in [0.2, 0.25) is 0 Å². The van der Waals surface area contributed by atoms with Gasteiger partial charge in [-0.05, 0) is 62.4 Å². The first-order valence-electron chi connectivity index (χ1n) is 3.85. The van der Waals surface area contributed by atoms with Crippen molar-refractivity contribution in [3.8, 4) is 5.75 Å². The van der Waals surface area contributed by atoms with Crippen molar-refractivity contribution in [2.75, 3.05) is 0 Å². The van der Waals surface area contributed by atoms with Crippen LogP contribution in [0, 0.1) is 6.92 Å². The highest BCUT2D eigenvalue weighted by Gasteiger charge is 2.10. The van der Waals surface area contributed by atoms with Crippen LogP contribution in [-0.2, 0) is 6.42 Å². The lowest BCUT2D eigenvalue weighted by atomic mass is 10.1. The van der Waals surface area contributed by atoms with Crippen molar-refractivity contribution in [1.29, 1.82) is 0 Å². The van der Waals surface area contributed by atoms with Crippen LogP contribution < -0.4 is 0 Å². The van der Waals surface area contributed by atoms with E-state index in [0.29, 0.717) is 4.47 Å². The maximum atomic E-state index is 9.61. The third kappa shape index (κ3) is 2.15. The first-order chi connectivity index (χ1) is 6.07. The lowest BCUT2D eigenvalue weighted by Gasteiger charge is -2.09. The zero-order chi connectivity index (χ0) is 10.0. The minimum absolute atomic E-state index is 0.252. The van der Waals surface area contributed by atoms with E-state index >= 15 is 0 Å². The Morgan fingerprint density at radius 2 is 2.15 bits per heavy atom. The van der Waals surface area contributed by atoms with E-state index in [2.05, 4.69) is 38.4 Å². The van der Waals surface area contributed by atoms with E-state index in [1.165, 1.54) is 0 Å². The summed E-state index contributed by atoms with van der Waals surface area (Å²) in [7, 11) is 0. The monoisotopic (exact) mass is 304 g/mol. The van der Waals surface area contributed by atoms with Gasteiger partial charge in [0.2, 0.25) is 0 Å². The van der Waals surface area contributed by atoms with Gasteiger partial charge in [0.1, 0.15) is 5.75 Å². The largest absolute Gasteiger partial charge is 0.506 e. The molecule has 0 heterocycles. The van der Waals surface area contributed by atoms with Crippen LogP contribution in [0.3, 0.4) is 0 Å². The van der Waals surface area contributed by atoms with E-state index in [-0.39, 0.29) is 5.75 Å². The quantitative estimate of drug-likeness (QED) is 0.820. The summed E-state index contributed by atoms with van der Waals surface area (Å²) in [5.74, 6) is 0.252. The molecule has 0 saturated heterocycles. The van der Waals surface area contributed by atoms with Gasteiger partial charge < -0.3 is 5.11 Å². The molecule has 0 aliphatic heterocycles. The van der Waals surface area contributed by atoms with Gasteiger partial charge in [-0.3, -0.25) is 0 Å². The molecule has 0 fully saturated rings. The summed E-state index contributed by atoms with van der Waals surface area (Å²) in [5, 5.41) is 9.61. The first-order valence-corrected chi connectivity index (χ1v) is 5.43. The zero-order valence-corrected chi connectivity index (χ0v) is 10.4. The third-order valence-corrected chi connectivity index (χ3v) is 3.33. The van der Waals surface area contributed by atoms with E-state index in [1.54, 1.807) is 0 Å². The molecular formula is C10H10Br2O. The van der Waals surface area contributed by atoms with Crippen molar-refractivity contribution in [2.24, 2.45) is 0 Å². The van der Waals surface area contributed by atoms with E-state index in [9.17, 15) is 5.11 Å². The summed E-state index contributed by atoms with van der Waals surface area (Å²) in [5.41, 5.74) is 2.21. The molecule has 0 saturated carbocycles. The topological polar surface area (TPSA) is 20.2 Å². The molecule has 70 valence electrons. The fraction of sp³-hybridized carbons (Fsp3) is 0.200. The van der Waals surface area contributed by atoms with Crippen LogP contribution in [0.5, 0.6) is 5.75 Å². The number of allylic oxidation sites excluding steroid dienone is 1. The van der Waals surface area contributed by atoms with Gasteiger partial charge in [0.15, 0.2) is 0 Å². The molecule has 0 radical (unpaired) electrons. The second-order valence-electron chi connectivity index (χ2n) is 2.81. The molecule has 1 rings (SSSR count). The van der Waals surface area contributed by atoms with E-state index in [0.717, 1.165) is 22.0 Å². The van der Waals surface area contributed by atoms with Gasteiger partial charge in [0.25, 0.3) is 0 Å². The molecule has 0 aliphatic carbocycles. The summed E-state index contributed by atoms with van der Waals surface area (Å²) in [4.78, 5) is 0. The molecule has 0 unspecified atom stereocenters. The average molecular weight is 306 g/mol. The van der Waals surface area contributed by atoms with E-state index in [4.69, 9.17) is 0 Å². The Morgan fingerprint density at radius 1 is 1.54 bits per heavy atom. The SMILES string of the molecule is C=CCc1c(C)cc(Br)c(O)c1Br. The highest BCUT2D eigenvalue weighted by Crippen LogP contribution is 2.37. The first kappa shape index (κ1) is 10.8. The molecule has 0 aliphatic rings. The van der Waals surface area contributed by atoms with Crippen molar-refractivity contribution >= 4 is 31.9 Å². The predicted octanol–water partition coefficient (Wildman–Crippen LogP) is 3.95. The van der Waals surface area contributed by atoms with Crippen LogP contribution in [0.25, 0.3) is 0 Å². The van der Waals surface area contributed by atoms with Crippen molar-refractivity contribution in [1.82, 2.24) is 0 Å². The van der Waals surface area contributed by atoms with Gasteiger partial charge >= 0.3 is 0 Å². The Morgan fingerprint density at radius 3 is 2.69 bits per heavy atom. The summed E-state index contributed by atoms with van der Waals surface area (Å²) in [6.45, 7) is 5.68. The molecule has 0 aromatic heterocycles. The Kier molecular flexibility index (Phi) is 3.56. The Labute approximate surface area is 94.7 Å². The van der Waals surface area contributed by atoms with Crippen LogP contribution in [0.15, 0.2) is 27.7 Å². The molecule has 0 spiro atoms. The van der Waals surface area contributed by atoms with Crippen LogP contribution in [-0.4, -0.2) is 5.11 Å². The predicted molar refractivity (Wildman–Crippen MR) is 62.1 cm³/mol. The molecule has 0 amide bonds. The van der Waals surface area contributed by atoms with Gasteiger partial charge in [-0.15, -0.1) is 6.58 Å². The van der Waals surface area contributed by atoms with Crippen LogP contribution in [0.1, 0.15) is 11.1 Å². The Hall–Kier alpha value is -0.280.